The van der Waals surface area contributed by atoms with Gasteiger partial charge >= 0.3 is 0 Å². The number of pyridine rings is 1. The highest BCUT2D eigenvalue weighted by molar-refractivity contribution is 9.10. The maximum Gasteiger partial charge on any atom is 0.270 e. The molecule has 2 aromatic rings. The summed E-state index contributed by atoms with van der Waals surface area (Å²) in [7, 11) is 0. The lowest BCUT2D eigenvalue weighted by atomic mass is 10.3. The predicted molar refractivity (Wildman–Crippen MR) is 76.4 cm³/mol. The first kappa shape index (κ1) is 14.0. The smallest absolute Gasteiger partial charge is 0.270 e. The first-order valence-electron chi connectivity index (χ1n) is 6.08. The standard InChI is InChI=1S/C13H16BrN3O2/c1-8-6-10(14)7-17-11(9(2)16-12(8)17)13(19)15-4-3-5-18/h6-7,18H,3-5H2,1-2H3,(H,15,19). The Labute approximate surface area is 119 Å². The number of nitrogens with zero attached hydrogens (tertiary/aromatic N) is 2. The van der Waals surface area contributed by atoms with Crippen LogP contribution in [0.4, 0.5) is 0 Å². The molecule has 0 spiro atoms. The highest BCUT2D eigenvalue weighted by atomic mass is 79.9. The number of rotatable bonds is 4. The van der Waals surface area contributed by atoms with Crippen molar-refractivity contribution in [1.82, 2.24) is 14.7 Å². The van der Waals surface area contributed by atoms with Gasteiger partial charge in [0.2, 0.25) is 0 Å². The van der Waals surface area contributed by atoms with Gasteiger partial charge in [0.05, 0.1) is 5.69 Å². The van der Waals surface area contributed by atoms with Crippen LogP contribution in [0.25, 0.3) is 5.65 Å². The van der Waals surface area contributed by atoms with E-state index in [2.05, 4.69) is 26.2 Å². The van der Waals surface area contributed by atoms with E-state index in [0.717, 1.165) is 15.7 Å². The molecule has 0 bridgehead atoms. The van der Waals surface area contributed by atoms with Crippen LogP contribution in [0.3, 0.4) is 0 Å². The third kappa shape index (κ3) is 2.79. The summed E-state index contributed by atoms with van der Waals surface area (Å²) in [5.74, 6) is -0.170. The molecule has 0 radical (unpaired) electrons. The van der Waals surface area contributed by atoms with E-state index >= 15 is 0 Å². The SMILES string of the molecule is Cc1nc2c(C)cc(Br)cn2c1C(=O)NCCCO. The molecule has 0 aromatic carbocycles. The lowest BCUT2D eigenvalue weighted by molar-refractivity contribution is 0.0944. The lowest BCUT2D eigenvalue weighted by Gasteiger charge is -2.06. The molecule has 0 saturated heterocycles. The van der Waals surface area contributed by atoms with Crippen LogP contribution in [-0.4, -0.2) is 33.6 Å². The van der Waals surface area contributed by atoms with Gasteiger partial charge in [0.1, 0.15) is 11.3 Å². The molecular weight excluding hydrogens is 310 g/mol. The number of fused-ring (bicyclic) bond motifs is 1. The van der Waals surface area contributed by atoms with Crippen molar-refractivity contribution in [2.24, 2.45) is 0 Å². The van der Waals surface area contributed by atoms with E-state index in [-0.39, 0.29) is 12.5 Å². The van der Waals surface area contributed by atoms with E-state index in [0.29, 0.717) is 24.4 Å². The molecule has 0 fully saturated rings. The number of imidazole rings is 1. The Morgan fingerprint density at radius 3 is 2.95 bits per heavy atom. The van der Waals surface area contributed by atoms with Crippen LogP contribution in [0.2, 0.25) is 0 Å². The van der Waals surface area contributed by atoms with Gasteiger partial charge in [-0.25, -0.2) is 4.98 Å². The molecular formula is C13H16BrN3O2. The molecule has 5 nitrogen and oxygen atoms in total. The van der Waals surface area contributed by atoms with Crippen LogP contribution in [-0.2, 0) is 0 Å². The quantitative estimate of drug-likeness (QED) is 0.843. The van der Waals surface area contributed by atoms with E-state index in [1.54, 1.807) is 4.40 Å². The molecule has 0 aliphatic carbocycles. The molecule has 0 atom stereocenters. The summed E-state index contributed by atoms with van der Waals surface area (Å²) in [6.07, 6.45) is 2.38. The number of aryl methyl sites for hydroxylation is 2. The molecule has 102 valence electrons. The summed E-state index contributed by atoms with van der Waals surface area (Å²) in [4.78, 5) is 16.6. The van der Waals surface area contributed by atoms with E-state index in [1.807, 2.05) is 26.1 Å². The van der Waals surface area contributed by atoms with Gasteiger partial charge in [0, 0.05) is 23.8 Å². The van der Waals surface area contributed by atoms with Crippen molar-refractivity contribution in [1.29, 1.82) is 0 Å². The highest BCUT2D eigenvalue weighted by Crippen LogP contribution is 2.20. The fourth-order valence-electron chi connectivity index (χ4n) is 2.02. The molecule has 0 aliphatic heterocycles. The highest BCUT2D eigenvalue weighted by Gasteiger charge is 2.17. The van der Waals surface area contributed by atoms with Gasteiger partial charge in [0.15, 0.2) is 0 Å². The van der Waals surface area contributed by atoms with Crippen molar-refractivity contribution in [3.63, 3.8) is 0 Å². The first-order valence-corrected chi connectivity index (χ1v) is 6.87. The Hall–Kier alpha value is -1.40. The Balaban J connectivity index is 2.42. The minimum Gasteiger partial charge on any atom is -0.396 e. The van der Waals surface area contributed by atoms with E-state index < -0.39 is 0 Å². The topological polar surface area (TPSA) is 66.6 Å². The van der Waals surface area contributed by atoms with Crippen molar-refractivity contribution >= 4 is 27.5 Å². The molecule has 0 unspecified atom stereocenters. The Bertz CT molecular complexity index is 622. The third-order valence-corrected chi connectivity index (χ3v) is 3.31. The van der Waals surface area contributed by atoms with E-state index in [4.69, 9.17) is 5.11 Å². The van der Waals surface area contributed by atoms with Crippen LogP contribution in [0.5, 0.6) is 0 Å². The van der Waals surface area contributed by atoms with Crippen LogP contribution in [0.1, 0.15) is 28.2 Å². The summed E-state index contributed by atoms with van der Waals surface area (Å²) in [6.45, 7) is 4.30. The number of aliphatic hydroxyl groups is 1. The maximum atomic E-state index is 12.2. The minimum atomic E-state index is -0.170. The van der Waals surface area contributed by atoms with Crippen molar-refractivity contribution in [2.75, 3.05) is 13.2 Å². The van der Waals surface area contributed by atoms with Gasteiger partial charge in [-0.15, -0.1) is 0 Å². The monoisotopic (exact) mass is 325 g/mol. The second-order valence-electron chi connectivity index (χ2n) is 4.41. The van der Waals surface area contributed by atoms with E-state index in [9.17, 15) is 4.79 Å². The second-order valence-corrected chi connectivity index (χ2v) is 5.33. The molecule has 6 heteroatoms. The summed E-state index contributed by atoms with van der Waals surface area (Å²) < 4.78 is 2.70. The van der Waals surface area contributed by atoms with Crippen LogP contribution in [0, 0.1) is 13.8 Å². The van der Waals surface area contributed by atoms with Crippen LogP contribution < -0.4 is 5.32 Å². The third-order valence-electron chi connectivity index (χ3n) is 2.88. The molecule has 1 amide bonds. The van der Waals surface area contributed by atoms with Gasteiger partial charge in [-0.1, -0.05) is 0 Å². The number of amides is 1. The number of aromatic nitrogens is 2. The summed E-state index contributed by atoms with van der Waals surface area (Å²) in [6, 6.07) is 1.97. The number of carbonyl (C=O) groups is 1. The summed E-state index contributed by atoms with van der Waals surface area (Å²) in [5.41, 5.74) is 3.03. The zero-order valence-corrected chi connectivity index (χ0v) is 12.5. The van der Waals surface area contributed by atoms with Gasteiger partial charge < -0.3 is 10.4 Å². The number of nitrogens with one attached hydrogen (secondary N) is 1. The van der Waals surface area contributed by atoms with E-state index in [1.165, 1.54) is 0 Å². The van der Waals surface area contributed by atoms with Crippen molar-refractivity contribution in [2.45, 2.75) is 20.3 Å². The van der Waals surface area contributed by atoms with Gasteiger partial charge in [-0.3, -0.25) is 9.20 Å². The Kier molecular flexibility index (Phi) is 4.21. The summed E-state index contributed by atoms with van der Waals surface area (Å²) >= 11 is 3.43. The molecule has 2 rings (SSSR count). The van der Waals surface area contributed by atoms with Gasteiger partial charge in [-0.2, -0.15) is 0 Å². The number of hydrogen-bond donors (Lipinski definition) is 2. The Morgan fingerprint density at radius 1 is 1.53 bits per heavy atom. The van der Waals surface area contributed by atoms with Crippen molar-refractivity contribution in [3.8, 4) is 0 Å². The molecule has 2 aromatic heterocycles. The largest absolute Gasteiger partial charge is 0.396 e. The van der Waals surface area contributed by atoms with Gasteiger partial charge in [0.25, 0.3) is 5.91 Å². The molecule has 0 saturated carbocycles. The fraction of sp³-hybridized carbons (Fsp3) is 0.385. The minimum absolute atomic E-state index is 0.0665. The van der Waals surface area contributed by atoms with Crippen molar-refractivity contribution in [3.05, 3.63) is 33.7 Å². The average Bonchev–Trinajstić information content (AvgIpc) is 2.66. The predicted octanol–water partition coefficient (Wildman–Crippen LogP) is 1.83. The molecule has 0 aliphatic rings. The number of halogens is 1. The first-order chi connectivity index (χ1) is 9.04. The number of aliphatic hydroxyl groups excluding tert-OH is 1. The maximum absolute atomic E-state index is 12.2. The zero-order chi connectivity index (χ0) is 14.0. The zero-order valence-electron chi connectivity index (χ0n) is 10.9. The lowest BCUT2D eigenvalue weighted by Crippen LogP contribution is -2.27. The molecule has 2 N–H and O–H groups in total. The Morgan fingerprint density at radius 2 is 2.26 bits per heavy atom. The normalized spacial score (nSPS) is 10.9. The summed E-state index contributed by atoms with van der Waals surface area (Å²) in [5, 5.41) is 11.5. The molecule has 19 heavy (non-hydrogen) atoms. The number of hydrogen-bond acceptors (Lipinski definition) is 3. The number of carbonyl (C=O) groups excluding carboxylic acids is 1. The van der Waals surface area contributed by atoms with Crippen LogP contribution in [0.15, 0.2) is 16.7 Å². The van der Waals surface area contributed by atoms with Crippen molar-refractivity contribution < 1.29 is 9.90 Å². The second kappa shape index (κ2) is 5.71. The molecule has 2 heterocycles. The fourth-order valence-corrected chi connectivity index (χ4v) is 2.57. The van der Waals surface area contributed by atoms with Gasteiger partial charge in [-0.05, 0) is 47.8 Å². The average molecular weight is 326 g/mol. The van der Waals surface area contributed by atoms with Crippen LogP contribution >= 0.6 is 15.9 Å².